The van der Waals surface area contributed by atoms with Crippen molar-refractivity contribution in [3.8, 4) is 22.8 Å². The van der Waals surface area contributed by atoms with Gasteiger partial charge in [0.15, 0.2) is 5.82 Å². The van der Waals surface area contributed by atoms with Crippen molar-refractivity contribution in [2.75, 3.05) is 24.9 Å². The summed E-state index contributed by atoms with van der Waals surface area (Å²) in [6.45, 7) is 0.354. The molecule has 48 heavy (non-hydrogen) atoms. The van der Waals surface area contributed by atoms with Crippen molar-refractivity contribution in [3.05, 3.63) is 95.7 Å². The van der Waals surface area contributed by atoms with Crippen molar-refractivity contribution in [1.82, 2.24) is 19.4 Å². The van der Waals surface area contributed by atoms with Gasteiger partial charge in [-0.3, -0.25) is 14.0 Å². The molecular formula is C34H31F3N6O5. The van der Waals surface area contributed by atoms with Crippen LogP contribution >= 0.6 is 0 Å². The second-order valence-electron chi connectivity index (χ2n) is 11.3. The standard InChI is InChI=1S/C34H31F3N6O5/c1-47-25-10-9-23(26(17-25)48-2)18-40-30-29-28(42-31(43(29)14-13-39-30)21-7-8-22(15-21)33(45)46)19-3-5-20(6-4-19)32(44)41-27-16-24(11-12-38-27)34(35,36)37/h3-6,9-14,16-17,21-22H,7-8,15,18H2,1-2H3,(H,39,40)(H,45,46)(H,38,41,44). The van der Waals surface area contributed by atoms with Gasteiger partial charge in [-0.15, -0.1) is 0 Å². The molecule has 0 bridgehead atoms. The molecule has 1 amide bonds. The number of carboxylic acids is 1. The normalized spacial score (nSPS) is 16.1. The molecule has 1 aliphatic rings. The number of methoxy groups -OCH3 is 2. The summed E-state index contributed by atoms with van der Waals surface area (Å²) >= 11 is 0. The Morgan fingerprint density at radius 1 is 1.00 bits per heavy atom. The second kappa shape index (κ2) is 13.2. The summed E-state index contributed by atoms with van der Waals surface area (Å²) in [4.78, 5) is 38.1. The quantitative estimate of drug-likeness (QED) is 0.150. The maximum absolute atomic E-state index is 13.1. The first kappa shape index (κ1) is 32.3. The molecule has 14 heteroatoms. The Balaban J connectivity index is 1.33. The molecule has 1 aliphatic carbocycles. The number of aromatic nitrogens is 4. The minimum Gasteiger partial charge on any atom is -0.497 e. The SMILES string of the molecule is COc1ccc(CNc2nccn3c(C4CCC(C(=O)O)C4)nc(-c4ccc(C(=O)Nc5cc(C(F)(F)F)ccn5)cc4)c23)c(OC)c1. The van der Waals surface area contributed by atoms with Gasteiger partial charge in [0.05, 0.1) is 25.7 Å². The number of aliphatic carboxylic acids is 1. The van der Waals surface area contributed by atoms with Crippen LogP contribution in [-0.4, -0.2) is 50.6 Å². The van der Waals surface area contributed by atoms with Gasteiger partial charge in [-0.2, -0.15) is 13.2 Å². The highest BCUT2D eigenvalue weighted by Gasteiger charge is 2.34. The zero-order valence-corrected chi connectivity index (χ0v) is 25.9. The van der Waals surface area contributed by atoms with Gasteiger partial charge >= 0.3 is 12.1 Å². The van der Waals surface area contributed by atoms with Gasteiger partial charge in [0.2, 0.25) is 0 Å². The maximum Gasteiger partial charge on any atom is 0.416 e. The van der Waals surface area contributed by atoms with Crippen molar-refractivity contribution in [3.63, 3.8) is 0 Å². The number of benzene rings is 2. The number of ether oxygens (including phenoxy) is 2. The van der Waals surface area contributed by atoms with E-state index in [4.69, 9.17) is 14.5 Å². The topological polar surface area (TPSA) is 140 Å². The fourth-order valence-electron chi connectivity index (χ4n) is 5.94. The average molecular weight is 661 g/mol. The number of carbonyl (C=O) groups is 2. The fraction of sp³-hybridized carbons (Fsp3) is 0.265. The van der Waals surface area contributed by atoms with Crippen molar-refractivity contribution in [1.29, 1.82) is 0 Å². The predicted octanol–water partition coefficient (Wildman–Crippen LogP) is 6.66. The van der Waals surface area contributed by atoms with E-state index in [1.54, 1.807) is 56.9 Å². The van der Waals surface area contributed by atoms with E-state index >= 15 is 0 Å². The number of halogens is 3. The highest BCUT2D eigenvalue weighted by atomic mass is 19.4. The lowest BCUT2D eigenvalue weighted by Gasteiger charge is -2.13. The molecule has 3 aromatic heterocycles. The molecule has 11 nitrogen and oxygen atoms in total. The lowest BCUT2D eigenvalue weighted by atomic mass is 10.0. The van der Waals surface area contributed by atoms with Crippen LogP contribution in [0.2, 0.25) is 0 Å². The van der Waals surface area contributed by atoms with E-state index in [2.05, 4.69) is 20.6 Å². The number of imidazole rings is 1. The first-order chi connectivity index (χ1) is 23.0. The van der Waals surface area contributed by atoms with Crippen LogP contribution in [0.25, 0.3) is 16.8 Å². The van der Waals surface area contributed by atoms with Crippen LogP contribution < -0.4 is 20.1 Å². The molecule has 0 aliphatic heterocycles. The third-order valence-corrected chi connectivity index (χ3v) is 8.42. The summed E-state index contributed by atoms with van der Waals surface area (Å²) in [5.41, 5.74) is 2.00. The molecule has 2 atom stereocenters. The van der Waals surface area contributed by atoms with Crippen LogP contribution in [0.3, 0.4) is 0 Å². The number of hydrogen-bond donors (Lipinski definition) is 3. The zero-order valence-electron chi connectivity index (χ0n) is 25.9. The molecule has 5 aromatic rings. The Morgan fingerprint density at radius 2 is 1.79 bits per heavy atom. The smallest absolute Gasteiger partial charge is 0.416 e. The molecule has 0 radical (unpaired) electrons. The number of hydrogen-bond acceptors (Lipinski definition) is 8. The van der Waals surface area contributed by atoms with Crippen LogP contribution in [0.15, 0.2) is 73.2 Å². The minimum atomic E-state index is -4.58. The van der Waals surface area contributed by atoms with E-state index in [0.29, 0.717) is 65.7 Å². The van der Waals surface area contributed by atoms with E-state index in [1.165, 1.54) is 0 Å². The zero-order chi connectivity index (χ0) is 34.0. The summed E-state index contributed by atoms with van der Waals surface area (Å²) in [6.07, 6.45) is 1.49. The Hall–Kier alpha value is -5.66. The van der Waals surface area contributed by atoms with Crippen LogP contribution in [0.5, 0.6) is 11.5 Å². The summed E-state index contributed by atoms with van der Waals surface area (Å²) < 4.78 is 52.2. The van der Waals surface area contributed by atoms with E-state index in [1.807, 2.05) is 16.5 Å². The number of rotatable bonds is 10. The number of alkyl halides is 3. The molecular weight excluding hydrogens is 629 g/mol. The average Bonchev–Trinajstić information content (AvgIpc) is 3.73. The predicted molar refractivity (Wildman–Crippen MR) is 170 cm³/mol. The number of nitrogens with zero attached hydrogens (tertiary/aromatic N) is 4. The number of pyridine rings is 1. The summed E-state index contributed by atoms with van der Waals surface area (Å²) in [6, 6.07) is 13.6. The Morgan fingerprint density at radius 3 is 2.48 bits per heavy atom. The van der Waals surface area contributed by atoms with Crippen molar-refractivity contribution in [2.24, 2.45) is 5.92 Å². The fourth-order valence-corrected chi connectivity index (χ4v) is 5.94. The van der Waals surface area contributed by atoms with Crippen molar-refractivity contribution < 1.29 is 37.3 Å². The highest BCUT2D eigenvalue weighted by Crippen LogP contribution is 2.41. The van der Waals surface area contributed by atoms with Gasteiger partial charge in [-0.25, -0.2) is 15.0 Å². The maximum atomic E-state index is 13.1. The number of anilines is 2. The third kappa shape index (κ3) is 6.59. The molecule has 3 N–H and O–H groups in total. The molecule has 248 valence electrons. The molecule has 1 fully saturated rings. The van der Waals surface area contributed by atoms with Gasteiger partial charge in [0.25, 0.3) is 5.91 Å². The number of carboxylic acid groups (broad SMARTS) is 1. The Bertz CT molecular complexity index is 1980. The number of fused-ring (bicyclic) bond motifs is 1. The van der Waals surface area contributed by atoms with Crippen molar-refractivity contribution in [2.45, 2.75) is 37.9 Å². The van der Waals surface area contributed by atoms with Crippen LogP contribution in [-0.2, 0) is 17.5 Å². The van der Waals surface area contributed by atoms with Crippen molar-refractivity contribution >= 4 is 29.0 Å². The molecule has 0 spiro atoms. The van der Waals surface area contributed by atoms with E-state index < -0.39 is 29.5 Å². The molecule has 1 saturated carbocycles. The first-order valence-corrected chi connectivity index (χ1v) is 15.0. The number of carbonyl (C=O) groups excluding carboxylic acids is 1. The van der Waals surface area contributed by atoms with Gasteiger partial charge in [-0.05, 0) is 55.7 Å². The van der Waals surface area contributed by atoms with E-state index in [0.717, 1.165) is 23.9 Å². The van der Waals surface area contributed by atoms with Crippen LogP contribution in [0.4, 0.5) is 24.8 Å². The monoisotopic (exact) mass is 660 g/mol. The molecule has 2 unspecified atom stereocenters. The summed E-state index contributed by atoms with van der Waals surface area (Å²) in [5.74, 6) is 0.252. The lowest BCUT2D eigenvalue weighted by molar-refractivity contribution is -0.141. The van der Waals surface area contributed by atoms with E-state index in [-0.39, 0.29) is 17.3 Å². The largest absolute Gasteiger partial charge is 0.497 e. The number of nitrogens with one attached hydrogen (secondary N) is 2. The first-order valence-electron chi connectivity index (χ1n) is 15.0. The molecule has 6 rings (SSSR count). The van der Waals surface area contributed by atoms with Crippen LogP contribution in [0, 0.1) is 5.92 Å². The Kier molecular flexibility index (Phi) is 8.89. The van der Waals surface area contributed by atoms with Gasteiger partial charge in [0, 0.05) is 53.8 Å². The van der Waals surface area contributed by atoms with Gasteiger partial charge in [-0.1, -0.05) is 12.1 Å². The highest BCUT2D eigenvalue weighted by molar-refractivity contribution is 6.04. The number of amides is 1. The minimum absolute atomic E-state index is 0.103. The molecule has 2 aromatic carbocycles. The van der Waals surface area contributed by atoms with Gasteiger partial charge in [0.1, 0.15) is 34.4 Å². The summed E-state index contributed by atoms with van der Waals surface area (Å²) in [7, 11) is 3.15. The van der Waals surface area contributed by atoms with Gasteiger partial charge < -0.3 is 25.2 Å². The lowest BCUT2D eigenvalue weighted by Crippen LogP contribution is -2.14. The second-order valence-corrected chi connectivity index (χ2v) is 11.3. The Labute approximate surface area is 272 Å². The summed E-state index contributed by atoms with van der Waals surface area (Å²) in [5, 5.41) is 15.4. The molecule has 3 heterocycles. The molecule has 0 saturated heterocycles. The van der Waals surface area contributed by atoms with E-state index in [9.17, 15) is 27.9 Å². The third-order valence-electron chi connectivity index (χ3n) is 8.42. The van der Waals surface area contributed by atoms with Crippen LogP contribution in [0.1, 0.15) is 52.5 Å².